The second-order valence-corrected chi connectivity index (χ2v) is 7.20. The van der Waals surface area contributed by atoms with E-state index < -0.39 is 0 Å². The van der Waals surface area contributed by atoms with Gasteiger partial charge in [0.2, 0.25) is 11.7 Å². The number of hydrogen-bond donors (Lipinski definition) is 2. The number of likely N-dealkylation sites (N-methyl/N-ethyl adjacent to an activating group) is 1. The fourth-order valence-corrected chi connectivity index (χ4v) is 3.11. The number of rotatable bonds is 6. The zero-order valence-corrected chi connectivity index (χ0v) is 17.1. The van der Waals surface area contributed by atoms with Gasteiger partial charge in [-0.1, -0.05) is 18.5 Å². The Balaban J connectivity index is 1.90. The number of aryl methyl sites for hydroxylation is 1. The van der Waals surface area contributed by atoms with Crippen LogP contribution in [0.4, 0.5) is 0 Å². The molecule has 0 saturated heterocycles. The van der Waals surface area contributed by atoms with E-state index in [0.29, 0.717) is 22.0 Å². The Morgan fingerprint density at radius 2 is 1.90 bits per heavy atom. The van der Waals surface area contributed by atoms with Crippen LogP contribution < -0.4 is 10.9 Å². The minimum Gasteiger partial charge on any atom is -0.358 e. The molecule has 0 radical (unpaired) electrons. The number of amides is 1. The van der Waals surface area contributed by atoms with Crippen LogP contribution in [0, 0.1) is 6.92 Å². The van der Waals surface area contributed by atoms with E-state index in [2.05, 4.69) is 15.4 Å². The second kappa shape index (κ2) is 8.45. The van der Waals surface area contributed by atoms with Gasteiger partial charge in [-0.15, -0.1) is 0 Å². The highest BCUT2D eigenvalue weighted by Gasteiger charge is 2.20. The number of carbonyl (C=O) groups is 2. The van der Waals surface area contributed by atoms with Crippen molar-refractivity contribution < 1.29 is 9.59 Å². The quantitative estimate of drug-likeness (QED) is 0.608. The molecule has 1 amide bonds. The van der Waals surface area contributed by atoms with E-state index >= 15 is 0 Å². The molecule has 0 bridgehead atoms. The van der Waals surface area contributed by atoms with Crippen LogP contribution in [-0.2, 0) is 11.3 Å². The molecule has 0 fully saturated rings. The van der Waals surface area contributed by atoms with Gasteiger partial charge in [0.25, 0.3) is 5.56 Å². The predicted octanol–water partition coefficient (Wildman–Crippen LogP) is 2.66. The van der Waals surface area contributed by atoms with Crippen LogP contribution in [-0.4, -0.2) is 33.5 Å². The van der Waals surface area contributed by atoms with Crippen molar-refractivity contribution in [2.45, 2.75) is 26.3 Å². The lowest BCUT2D eigenvalue weighted by atomic mass is 10.0. The SMILES string of the molecule is CNC(=O)Cn1nc(C(C)c2cc(C)c(C(=O)c3ccc(Cl)cc3)[nH]2)ccc1=O. The van der Waals surface area contributed by atoms with Gasteiger partial charge in [-0.05, 0) is 48.9 Å². The maximum Gasteiger partial charge on any atom is 0.267 e. The summed E-state index contributed by atoms with van der Waals surface area (Å²) in [6.45, 7) is 3.62. The fraction of sp³-hybridized carbons (Fsp3) is 0.238. The van der Waals surface area contributed by atoms with Crippen molar-refractivity contribution in [2.24, 2.45) is 0 Å². The number of aromatic amines is 1. The van der Waals surface area contributed by atoms with Crippen LogP contribution in [0.5, 0.6) is 0 Å². The third-order valence-corrected chi connectivity index (χ3v) is 4.99. The van der Waals surface area contributed by atoms with Crippen molar-refractivity contribution in [1.82, 2.24) is 20.1 Å². The highest BCUT2D eigenvalue weighted by molar-refractivity contribution is 6.30. The van der Waals surface area contributed by atoms with Crippen LogP contribution in [0.1, 0.15) is 45.8 Å². The average Bonchev–Trinajstić information content (AvgIpc) is 3.10. The van der Waals surface area contributed by atoms with Crippen LogP contribution in [0.2, 0.25) is 5.02 Å². The Labute approximate surface area is 172 Å². The first-order chi connectivity index (χ1) is 13.8. The zero-order chi connectivity index (χ0) is 21.1. The van der Waals surface area contributed by atoms with Gasteiger partial charge in [-0.3, -0.25) is 14.4 Å². The molecule has 0 spiro atoms. The molecule has 3 aromatic rings. The molecule has 3 rings (SSSR count). The van der Waals surface area contributed by atoms with Gasteiger partial charge in [0.1, 0.15) is 6.54 Å². The van der Waals surface area contributed by atoms with Crippen molar-refractivity contribution in [3.63, 3.8) is 0 Å². The lowest BCUT2D eigenvalue weighted by Gasteiger charge is -2.11. The lowest BCUT2D eigenvalue weighted by Crippen LogP contribution is -2.32. The summed E-state index contributed by atoms with van der Waals surface area (Å²) in [6.07, 6.45) is 0. The maximum absolute atomic E-state index is 12.8. The maximum atomic E-state index is 12.8. The topological polar surface area (TPSA) is 96.8 Å². The predicted molar refractivity (Wildman–Crippen MR) is 110 cm³/mol. The zero-order valence-electron chi connectivity index (χ0n) is 16.3. The third kappa shape index (κ3) is 4.46. The molecule has 1 aromatic carbocycles. The number of halogens is 1. The standard InChI is InChI=1S/C21H21ClN4O3/c1-12-10-17(24-20(12)21(29)14-4-6-15(22)7-5-14)13(2)16-8-9-19(28)26(25-16)11-18(27)23-3/h4-10,13,24H,11H2,1-3H3,(H,23,27). The summed E-state index contributed by atoms with van der Waals surface area (Å²) < 4.78 is 1.13. The smallest absolute Gasteiger partial charge is 0.267 e. The van der Waals surface area contributed by atoms with Gasteiger partial charge in [-0.2, -0.15) is 5.10 Å². The van der Waals surface area contributed by atoms with E-state index in [9.17, 15) is 14.4 Å². The molecule has 7 nitrogen and oxygen atoms in total. The van der Waals surface area contributed by atoms with Crippen molar-refractivity contribution in [1.29, 1.82) is 0 Å². The third-order valence-electron chi connectivity index (χ3n) is 4.74. The first-order valence-electron chi connectivity index (χ1n) is 9.08. The van der Waals surface area contributed by atoms with Gasteiger partial charge < -0.3 is 10.3 Å². The van der Waals surface area contributed by atoms with E-state index in [1.807, 2.05) is 19.9 Å². The van der Waals surface area contributed by atoms with E-state index in [4.69, 9.17) is 11.6 Å². The summed E-state index contributed by atoms with van der Waals surface area (Å²) in [6, 6.07) is 11.6. The molecule has 2 heterocycles. The van der Waals surface area contributed by atoms with Gasteiger partial charge in [0, 0.05) is 35.3 Å². The summed E-state index contributed by atoms with van der Waals surface area (Å²) in [7, 11) is 1.50. The number of nitrogens with one attached hydrogen (secondary N) is 2. The van der Waals surface area contributed by atoms with Crippen LogP contribution in [0.25, 0.3) is 0 Å². The molecule has 2 N–H and O–H groups in total. The summed E-state index contributed by atoms with van der Waals surface area (Å²) in [5.74, 6) is -0.650. The van der Waals surface area contributed by atoms with Gasteiger partial charge in [0.05, 0.1) is 11.4 Å². The van der Waals surface area contributed by atoms with E-state index in [-0.39, 0.29) is 29.7 Å². The van der Waals surface area contributed by atoms with Crippen LogP contribution >= 0.6 is 11.6 Å². The monoisotopic (exact) mass is 412 g/mol. The van der Waals surface area contributed by atoms with E-state index in [1.165, 1.54) is 13.1 Å². The molecule has 1 atom stereocenters. The molecular formula is C21H21ClN4O3. The Morgan fingerprint density at radius 3 is 2.55 bits per heavy atom. The Morgan fingerprint density at radius 1 is 1.21 bits per heavy atom. The van der Waals surface area contributed by atoms with Gasteiger partial charge >= 0.3 is 0 Å². The molecule has 0 saturated carbocycles. The number of H-pyrrole nitrogens is 1. The Hall–Kier alpha value is -3.19. The minimum absolute atomic E-state index is 0.129. The summed E-state index contributed by atoms with van der Waals surface area (Å²) in [5, 5.41) is 7.35. The van der Waals surface area contributed by atoms with E-state index in [0.717, 1.165) is 15.9 Å². The summed E-state index contributed by atoms with van der Waals surface area (Å²) in [4.78, 5) is 39.6. The number of ketones is 1. The summed E-state index contributed by atoms with van der Waals surface area (Å²) in [5.41, 5.74) is 2.89. The minimum atomic E-state index is -0.356. The number of benzene rings is 1. The first kappa shape index (κ1) is 20.5. The van der Waals surface area contributed by atoms with Gasteiger partial charge in [0.15, 0.2) is 0 Å². The van der Waals surface area contributed by atoms with Crippen molar-refractivity contribution >= 4 is 23.3 Å². The fourth-order valence-electron chi connectivity index (χ4n) is 2.98. The average molecular weight is 413 g/mol. The van der Waals surface area contributed by atoms with Crippen LogP contribution in [0.15, 0.2) is 47.3 Å². The Bertz CT molecular complexity index is 1120. The molecule has 0 aliphatic rings. The lowest BCUT2D eigenvalue weighted by molar-refractivity contribution is -0.121. The van der Waals surface area contributed by atoms with Gasteiger partial charge in [-0.25, -0.2) is 4.68 Å². The summed E-state index contributed by atoms with van der Waals surface area (Å²) >= 11 is 5.90. The molecule has 8 heteroatoms. The van der Waals surface area contributed by atoms with Crippen LogP contribution in [0.3, 0.4) is 0 Å². The molecule has 0 aliphatic carbocycles. The van der Waals surface area contributed by atoms with Crippen molar-refractivity contribution in [2.75, 3.05) is 7.05 Å². The Kier molecular flexibility index (Phi) is 5.98. The van der Waals surface area contributed by atoms with Crippen molar-refractivity contribution in [3.8, 4) is 0 Å². The number of hydrogen-bond acceptors (Lipinski definition) is 4. The molecule has 0 aliphatic heterocycles. The first-order valence-corrected chi connectivity index (χ1v) is 9.46. The molecular weight excluding hydrogens is 392 g/mol. The number of carbonyl (C=O) groups excluding carboxylic acids is 2. The highest BCUT2D eigenvalue weighted by Crippen LogP contribution is 2.25. The number of nitrogens with zero attached hydrogens (tertiary/aromatic N) is 2. The number of aromatic nitrogens is 3. The second-order valence-electron chi connectivity index (χ2n) is 6.77. The molecule has 29 heavy (non-hydrogen) atoms. The largest absolute Gasteiger partial charge is 0.358 e. The highest BCUT2D eigenvalue weighted by atomic mass is 35.5. The molecule has 150 valence electrons. The van der Waals surface area contributed by atoms with Crippen molar-refractivity contribution in [3.05, 3.63) is 86.0 Å². The molecule has 2 aromatic heterocycles. The van der Waals surface area contributed by atoms with E-state index in [1.54, 1.807) is 30.3 Å². The normalized spacial score (nSPS) is 11.9. The molecule has 1 unspecified atom stereocenters.